The molecular formula is C15H23O2. The van der Waals surface area contributed by atoms with E-state index in [9.17, 15) is 0 Å². The van der Waals surface area contributed by atoms with Crippen molar-refractivity contribution in [2.75, 3.05) is 19.8 Å². The first-order valence-electron chi connectivity index (χ1n) is 6.60. The number of para-hydroxylation sites is 1. The third-order valence-corrected chi connectivity index (χ3v) is 2.51. The van der Waals surface area contributed by atoms with Gasteiger partial charge in [0.1, 0.15) is 5.75 Å². The van der Waals surface area contributed by atoms with E-state index in [2.05, 4.69) is 13.0 Å². The molecule has 0 heterocycles. The molecule has 0 saturated heterocycles. The molecule has 1 radical (unpaired) electrons. The van der Waals surface area contributed by atoms with Crippen molar-refractivity contribution in [2.24, 2.45) is 0 Å². The van der Waals surface area contributed by atoms with Gasteiger partial charge in [-0.05, 0) is 12.5 Å². The second-order valence-corrected chi connectivity index (χ2v) is 4.10. The zero-order chi connectivity index (χ0) is 12.2. The summed E-state index contributed by atoms with van der Waals surface area (Å²) < 4.78 is 11.0. The fourth-order valence-corrected chi connectivity index (χ4v) is 1.54. The molecule has 0 aliphatic carbocycles. The molecule has 0 atom stereocenters. The molecule has 1 aromatic rings. The molecule has 0 bridgehead atoms. The largest absolute Gasteiger partial charge is 0.493 e. The van der Waals surface area contributed by atoms with Crippen molar-refractivity contribution < 1.29 is 9.47 Å². The van der Waals surface area contributed by atoms with E-state index in [1.165, 1.54) is 25.7 Å². The van der Waals surface area contributed by atoms with E-state index in [0.29, 0.717) is 6.61 Å². The Morgan fingerprint density at radius 1 is 1.00 bits per heavy atom. The maximum absolute atomic E-state index is 5.53. The van der Waals surface area contributed by atoms with Crippen LogP contribution < -0.4 is 4.74 Å². The van der Waals surface area contributed by atoms with Crippen LogP contribution in [0.2, 0.25) is 0 Å². The smallest absolute Gasteiger partial charge is 0.127 e. The van der Waals surface area contributed by atoms with Crippen LogP contribution >= 0.6 is 0 Å². The Balaban J connectivity index is 1.85. The maximum Gasteiger partial charge on any atom is 0.127 e. The van der Waals surface area contributed by atoms with Crippen LogP contribution in [-0.4, -0.2) is 19.8 Å². The Morgan fingerprint density at radius 2 is 1.88 bits per heavy atom. The summed E-state index contributed by atoms with van der Waals surface area (Å²) in [7, 11) is 0. The van der Waals surface area contributed by atoms with Gasteiger partial charge in [0, 0.05) is 25.7 Å². The van der Waals surface area contributed by atoms with Crippen molar-refractivity contribution in [3.05, 3.63) is 30.3 Å². The Bertz CT molecular complexity index is 259. The van der Waals surface area contributed by atoms with Gasteiger partial charge in [-0.1, -0.05) is 44.4 Å². The summed E-state index contributed by atoms with van der Waals surface area (Å²) in [6.45, 7) is 4.60. The van der Waals surface area contributed by atoms with Gasteiger partial charge < -0.3 is 9.47 Å². The van der Waals surface area contributed by atoms with Crippen molar-refractivity contribution >= 4 is 0 Å². The lowest BCUT2D eigenvalue weighted by atomic mass is 10.2. The first-order valence-corrected chi connectivity index (χ1v) is 6.60. The summed E-state index contributed by atoms with van der Waals surface area (Å²) in [5, 5.41) is 0. The quantitative estimate of drug-likeness (QED) is 0.573. The average Bonchev–Trinajstić information content (AvgIpc) is 2.38. The highest BCUT2D eigenvalue weighted by atomic mass is 16.5. The summed E-state index contributed by atoms with van der Waals surface area (Å²) >= 11 is 0. The van der Waals surface area contributed by atoms with Crippen LogP contribution in [0.25, 0.3) is 0 Å². The fourth-order valence-electron chi connectivity index (χ4n) is 1.54. The molecule has 0 N–H and O–H groups in total. The monoisotopic (exact) mass is 235 g/mol. The second kappa shape index (κ2) is 10.2. The number of rotatable bonds is 10. The van der Waals surface area contributed by atoms with Crippen molar-refractivity contribution in [1.82, 2.24) is 0 Å². The number of hydrogen-bond donors (Lipinski definition) is 0. The van der Waals surface area contributed by atoms with Gasteiger partial charge in [0.2, 0.25) is 0 Å². The van der Waals surface area contributed by atoms with Crippen molar-refractivity contribution in [1.29, 1.82) is 0 Å². The molecule has 0 amide bonds. The lowest BCUT2D eigenvalue weighted by Gasteiger charge is -2.06. The number of unbranched alkanes of at least 4 members (excludes halogenated alkanes) is 3. The van der Waals surface area contributed by atoms with Gasteiger partial charge >= 0.3 is 0 Å². The Morgan fingerprint density at radius 3 is 2.65 bits per heavy atom. The van der Waals surface area contributed by atoms with E-state index in [1.54, 1.807) is 0 Å². The molecule has 0 fully saturated rings. The highest BCUT2D eigenvalue weighted by Gasteiger charge is 1.93. The second-order valence-electron chi connectivity index (χ2n) is 4.10. The Hall–Kier alpha value is -1.02. The molecule has 2 heteroatoms. The Kier molecular flexibility index (Phi) is 8.39. The van der Waals surface area contributed by atoms with Crippen LogP contribution in [0.3, 0.4) is 0 Å². The van der Waals surface area contributed by atoms with Crippen LogP contribution in [0, 0.1) is 6.07 Å². The van der Waals surface area contributed by atoms with Gasteiger partial charge in [0.05, 0.1) is 6.61 Å². The Labute approximate surface area is 105 Å². The predicted molar refractivity (Wildman–Crippen MR) is 70.4 cm³/mol. The molecule has 0 aliphatic heterocycles. The molecule has 95 valence electrons. The lowest BCUT2D eigenvalue weighted by Crippen LogP contribution is -2.04. The van der Waals surface area contributed by atoms with Gasteiger partial charge in [-0.3, -0.25) is 0 Å². The predicted octanol–water partition coefficient (Wildman–Crippen LogP) is 3.85. The van der Waals surface area contributed by atoms with Crippen LogP contribution in [0.4, 0.5) is 0 Å². The van der Waals surface area contributed by atoms with Crippen LogP contribution in [-0.2, 0) is 4.74 Å². The summed E-state index contributed by atoms with van der Waals surface area (Å²) in [6, 6.07) is 10.7. The molecule has 0 unspecified atom stereocenters. The SMILES string of the molecule is CCCCCCOCCCOc1[c]cccc1. The van der Waals surface area contributed by atoms with Crippen molar-refractivity contribution in [2.45, 2.75) is 39.0 Å². The maximum atomic E-state index is 5.53. The number of benzene rings is 1. The molecular weight excluding hydrogens is 212 g/mol. The molecule has 0 saturated carbocycles. The summed E-state index contributed by atoms with van der Waals surface area (Å²) in [4.78, 5) is 0. The third kappa shape index (κ3) is 7.81. The molecule has 0 aliphatic rings. The third-order valence-electron chi connectivity index (χ3n) is 2.51. The number of hydrogen-bond acceptors (Lipinski definition) is 2. The van der Waals surface area contributed by atoms with Crippen LogP contribution in [0.5, 0.6) is 5.75 Å². The van der Waals surface area contributed by atoms with Gasteiger partial charge in [0.25, 0.3) is 0 Å². The fraction of sp³-hybridized carbons (Fsp3) is 0.600. The molecule has 0 spiro atoms. The zero-order valence-corrected chi connectivity index (χ0v) is 10.8. The van der Waals surface area contributed by atoms with Gasteiger partial charge in [0.15, 0.2) is 0 Å². The van der Waals surface area contributed by atoms with E-state index in [0.717, 1.165) is 25.4 Å². The first-order chi connectivity index (χ1) is 8.43. The highest BCUT2D eigenvalue weighted by Crippen LogP contribution is 2.07. The van der Waals surface area contributed by atoms with E-state index in [4.69, 9.17) is 9.47 Å². The summed E-state index contributed by atoms with van der Waals surface area (Å²) in [5.74, 6) is 0.815. The molecule has 1 aromatic carbocycles. The molecule has 2 nitrogen and oxygen atoms in total. The summed E-state index contributed by atoms with van der Waals surface area (Å²) in [5.41, 5.74) is 0. The van der Waals surface area contributed by atoms with Gasteiger partial charge in [-0.15, -0.1) is 0 Å². The van der Waals surface area contributed by atoms with E-state index in [-0.39, 0.29) is 0 Å². The van der Waals surface area contributed by atoms with Crippen LogP contribution in [0.15, 0.2) is 24.3 Å². The van der Waals surface area contributed by atoms with Crippen molar-refractivity contribution in [3.63, 3.8) is 0 Å². The first kappa shape index (κ1) is 14.0. The highest BCUT2D eigenvalue weighted by molar-refractivity contribution is 5.19. The standard InChI is InChI=1S/C15H23O2/c1-2-3-4-8-12-16-13-9-14-17-15-10-6-5-7-11-15/h5-7,10H,2-4,8-9,12-14H2,1H3. The number of ether oxygens (including phenoxy) is 2. The molecule has 17 heavy (non-hydrogen) atoms. The average molecular weight is 235 g/mol. The minimum atomic E-state index is 0.704. The molecule has 0 aromatic heterocycles. The van der Waals surface area contributed by atoms with E-state index >= 15 is 0 Å². The van der Waals surface area contributed by atoms with E-state index in [1.807, 2.05) is 24.3 Å². The minimum Gasteiger partial charge on any atom is -0.493 e. The normalized spacial score (nSPS) is 10.4. The zero-order valence-electron chi connectivity index (χ0n) is 10.8. The minimum absolute atomic E-state index is 0.704. The van der Waals surface area contributed by atoms with E-state index < -0.39 is 0 Å². The lowest BCUT2D eigenvalue weighted by molar-refractivity contribution is 0.116. The van der Waals surface area contributed by atoms with Gasteiger partial charge in [-0.25, -0.2) is 0 Å². The van der Waals surface area contributed by atoms with Crippen molar-refractivity contribution in [3.8, 4) is 5.75 Å². The van der Waals surface area contributed by atoms with Crippen LogP contribution in [0.1, 0.15) is 39.0 Å². The summed E-state index contributed by atoms with van der Waals surface area (Å²) in [6.07, 6.45) is 6.00. The topological polar surface area (TPSA) is 18.5 Å². The molecule has 1 rings (SSSR count). The van der Waals surface area contributed by atoms with Gasteiger partial charge in [-0.2, -0.15) is 0 Å².